The molecule has 0 spiro atoms. The van der Waals surface area contributed by atoms with Crippen molar-refractivity contribution in [2.45, 2.75) is 38.5 Å². The molecule has 0 saturated carbocycles. The Morgan fingerprint density at radius 3 is 2.45 bits per heavy atom. The molecule has 0 saturated heterocycles. The average molecular weight is 709 g/mol. The van der Waals surface area contributed by atoms with Crippen molar-refractivity contribution in [3.8, 4) is 5.69 Å². The second-order valence-corrected chi connectivity index (χ2v) is 15.3. The zero-order chi connectivity index (χ0) is 22.0. The minimum absolute atomic E-state index is 0.0928. The fraction of sp³-hybridized carbons (Fsp3) is 0.250. The zero-order valence-corrected chi connectivity index (χ0v) is 25.5. The van der Waals surface area contributed by atoms with Crippen molar-refractivity contribution in [2.75, 3.05) is 4.43 Å². The molecule has 0 aliphatic heterocycles. The van der Waals surface area contributed by atoms with E-state index in [9.17, 15) is 0 Å². The van der Waals surface area contributed by atoms with Crippen LogP contribution in [0.4, 0.5) is 0 Å². The summed E-state index contributed by atoms with van der Waals surface area (Å²) in [6, 6.07) is 18.3. The first-order valence-electron chi connectivity index (χ1n) is 10.1. The molecule has 1 heterocycles. The molecule has 0 fully saturated rings. The standard InChI is InChI=1S/C24H24Br2INS3/c1-4-5-10-27-18-11-15(2)24(16(3)12-18)28-20-8-7-19(30-26)14-22(20)29-23-13-17(25)6-9-21(23)31-28/h6-9,11-14,27H,4-5,10H2,1-3H3. The van der Waals surface area contributed by atoms with Crippen LogP contribution in [0.5, 0.6) is 0 Å². The van der Waals surface area contributed by atoms with E-state index < -0.39 is 0 Å². The number of aromatic nitrogens is 1. The van der Waals surface area contributed by atoms with Gasteiger partial charge >= 0.3 is 225 Å². The maximum absolute atomic E-state index is 3.66. The predicted molar refractivity (Wildman–Crippen MR) is 160 cm³/mol. The Kier molecular flexibility index (Phi) is 8.47. The van der Waals surface area contributed by atoms with E-state index in [4.69, 9.17) is 0 Å². The Morgan fingerprint density at radius 2 is 1.74 bits per heavy atom. The summed E-state index contributed by atoms with van der Waals surface area (Å²) in [6.45, 7) is 6.85. The first-order chi connectivity index (χ1) is 15.0. The average Bonchev–Trinajstić information content (AvgIpc) is 2.89. The molecule has 0 N–H and O–H groups in total. The molecule has 4 rings (SSSR count). The Hall–Kier alpha value is -0.0600. The Bertz CT molecular complexity index is 1260. The third-order valence-electron chi connectivity index (χ3n) is 4.99. The molecule has 4 aromatic rings. The second-order valence-electron chi connectivity index (χ2n) is 7.39. The number of aryl methyl sites for hydroxylation is 2. The maximum atomic E-state index is 3.66. The first kappa shape index (κ1) is 24.1. The van der Waals surface area contributed by atoms with Gasteiger partial charge in [0.25, 0.3) is 0 Å². The van der Waals surface area contributed by atoms with Gasteiger partial charge in [-0.2, -0.15) is 0 Å². The summed E-state index contributed by atoms with van der Waals surface area (Å²) < 4.78 is 10.4. The molecule has 0 bridgehead atoms. The molecule has 7 heteroatoms. The van der Waals surface area contributed by atoms with Gasteiger partial charge in [0.1, 0.15) is 0 Å². The number of rotatable bonds is 6. The van der Waals surface area contributed by atoms with Crippen LogP contribution in [-0.2, 0) is 0 Å². The van der Waals surface area contributed by atoms with Crippen LogP contribution < -0.4 is 0 Å². The number of unbranched alkanes of at least 4 members (excludes halogenated alkanes) is 1. The van der Waals surface area contributed by atoms with Gasteiger partial charge in [-0.1, -0.05) is 0 Å². The summed E-state index contributed by atoms with van der Waals surface area (Å²) >= 11 is 10.8. The summed E-state index contributed by atoms with van der Waals surface area (Å²) in [4.78, 5) is 1.22. The van der Waals surface area contributed by atoms with Gasteiger partial charge in [-0.3, -0.25) is 0 Å². The summed E-state index contributed by atoms with van der Waals surface area (Å²) in [7, 11) is 1.62. The van der Waals surface area contributed by atoms with Gasteiger partial charge in [0.15, 0.2) is 0 Å². The fourth-order valence-electron chi connectivity index (χ4n) is 3.52. The monoisotopic (exact) mass is 707 g/mol. The molecule has 0 aliphatic rings. The number of benzene rings is 3. The van der Waals surface area contributed by atoms with E-state index in [1.807, 2.05) is 22.9 Å². The molecule has 0 unspecified atom stereocenters. The van der Waals surface area contributed by atoms with Crippen molar-refractivity contribution in [1.82, 2.24) is 3.96 Å². The van der Waals surface area contributed by atoms with Crippen LogP contribution in [-0.4, -0.2) is 8.38 Å². The van der Waals surface area contributed by atoms with E-state index in [1.54, 1.807) is 13.8 Å². The summed E-state index contributed by atoms with van der Waals surface area (Å²) in [5.74, 6) is 0. The second kappa shape index (κ2) is 10.9. The first-order valence-corrected chi connectivity index (χ1v) is 18.0. The summed E-state index contributed by atoms with van der Waals surface area (Å²) in [6.07, 6.45) is 2.65. The normalized spacial score (nSPS) is 11.5. The molecule has 1 nitrogen and oxygen atoms in total. The van der Waals surface area contributed by atoms with Crippen molar-refractivity contribution >= 4 is 105 Å². The molecule has 164 valence electrons. The number of halogens is 3. The van der Waals surface area contributed by atoms with Crippen LogP contribution in [0.1, 0.15) is 30.9 Å². The molecule has 3 aromatic carbocycles. The molecule has 0 radical (unpaired) electrons. The molecule has 1 aromatic heterocycles. The molecule has 0 amide bonds. The minimum atomic E-state index is -0.0928. The number of hydrogen-bond acceptors (Lipinski definition) is 3. The van der Waals surface area contributed by atoms with Crippen LogP contribution in [0.15, 0.2) is 57.9 Å². The number of alkyl halides is 1. The SMILES string of the molecule is CCCC[IH]c1cc(C)c(-n2sc3ccc(Br)cc3sc3cc(SBr)ccc32)c(C)c1. The van der Waals surface area contributed by atoms with E-state index in [2.05, 4.69) is 104 Å². The van der Waals surface area contributed by atoms with E-state index >= 15 is 0 Å². The molecular weight excluding hydrogens is 685 g/mol. The van der Waals surface area contributed by atoms with Gasteiger partial charge in [0.05, 0.1) is 0 Å². The fourth-order valence-corrected chi connectivity index (χ4v) is 10.8. The Labute approximate surface area is 222 Å². The predicted octanol–water partition coefficient (Wildman–Crippen LogP) is 10.5. The third kappa shape index (κ3) is 5.54. The van der Waals surface area contributed by atoms with Gasteiger partial charge in [0, 0.05) is 0 Å². The number of nitrogens with zero attached hydrogens (tertiary/aromatic N) is 1. The van der Waals surface area contributed by atoms with Gasteiger partial charge < -0.3 is 0 Å². The van der Waals surface area contributed by atoms with Crippen LogP contribution in [0.3, 0.4) is 0 Å². The topological polar surface area (TPSA) is 4.93 Å². The van der Waals surface area contributed by atoms with Gasteiger partial charge in [-0.05, 0) is 0 Å². The van der Waals surface area contributed by atoms with Crippen molar-refractivity contribution < 1.29 is 0 Å². The Morgan fingerprint density at radius 1 is 0.968 bits per heavy atom. The van der Waals surface area contributed by atoms with E-state index in [1.165, 1.54) is 58.6 Å². The van der Waals surface area contributed by atoms with E-state index in [0.717, 1.165) is 4.47 Å². The van der Waals surface area contributed by atoms with Gasteiger partial charge in [0.2, 0.25) is 0 Å². The van der Waals surface area contributed by atoms with Crippen molar-refractivity contribution in [2.24, 2.45) is 0 Å². The van der Waals surface area contributed by atoms with Crippen LogP contribution in [0, 0.1) is 17.4 Å². The van der Waals surface area contributed by atoms with Crippen molar-refractivity contribution in [1.29, 1.82) is 0 Å². The third-order valence-corrected chi connectivity index (χ3v) is 12.4. The summed E-state index contributed by atoms with van der Waals surface area (Å²) in [5, 5.41) is 0. The van der Waals surface area contributed by atoms with Gasteiger partial charge in [-0.15, -0.1) is 0 Å². The quantitative estimate of drug-likeness (QED) is 0.110. The molecule has 0 atom stereocenters. The Balaban J connectivity index is 1.99. The van der Waals surface area contributed by atoms with Crippen molar-refractivity contribution in [3.63, 3.8) is 0 Å². The van der Waals surface area contributed by atoms with Crippen LogP contribution in [0.2, 0.25) is 0 Å². The number of fused-ring (bicyclic) bond motifs is 2. The molecule has 0 aliphatic carbocycles. The van der Waals surface area contributed by atoms with Crippen LogP contribution in [0.25, 0.3) is 25.3 Å². The van der Waals surface area contributed by atoms with E-state index in [-0.39, 0.29) is 21.2 Å². The summed E-state index contributed by atoms with van der Waals surface area (Å²) in [5.41, 5.74) is 5.33. The van der Waals surface area contributed by atoms with E-state index in [0.29, 0.717) is 0 Å². The molecular formula is C24H24Br2INS3. The number of hydrogen-bond donors (Lipinski definition) is 0. The van der Waals surface area contributed by atoms with Gasteiger partial charge in [-0.25, -0.2) is 0 Å². The van der Waals surface area contributed by atoms with Crippen molar-refractivity contribution in [3.05, 3.63) is 67.7 Å². The molecule has 31 heavy (non-hydrogen) atoms. The van der Waals surface area contributed by atoms with Crippen LogP contribution >= 0.6 is 85.0 Å². The zero-order valence-electron chi connectivity index (χ0n) is 17.6.